The number of carbonyl (C=O) groups excluding carboxylic acids is 3. The predicted octanol–water partition coefficient (Wildman–Crippen LogP) is 2.18. The molecule has 0 radical (unpaired) electrons. The highest BCUT2D eigenvalue weighted by molar-refractivity contribution is 5.97. The van der Waals surface area contributed by atoms with Crippen molar-refractivity contribution in [3.8, 4) is 11.5 Å². The minimum absolute atomic E-state index is 0.209. The number of ether oxygens (including phenoxy) is 3. The average molecular weight is 467 g/mol. The lowest BCUT2D eigenvalue weighted by Gasteiger charge is -2.11. The summed E-state index contributed by atoms with van der Waals surface area (Å²) in [6, 6.07) is 6.53. The number of pyridine rings is 1. The van der Waals surface area contributed by atoms with Crippen LogP contribution in [0.1, 0.15) is 52.4 Å². The zero-order chi connectivity index (χ0) is 24.1. The zero-order valence-electron chi connectivity index (χ0n) is 18.9. The topological polar surface area (TPSA) is 134 Å². The van der Waals surface area contributed by atoms with Gasteiger partial charge in [0.25, 0.3) is 11.8 Å². The van der Waals surface area contributed by atoms with Crippen molar-refractivity contribution in [2.45, 2.75) is 31.7 Å². The predicted molar refractivity (Wildman–Crippen MR) is 120 cm³/mol. The van der Waals surface area contributed by atoms with Crippen LogP contribution in [0.15, 0.2) is 36.7 Å². The number of hydrazine groups is 1. The lowest BCUT2D eigenvalue weighted by Crippen LogP contribution is -2.43. The maximum atomic E-state index is 12.4. The highest BCUT2D eigenvalue weighted by Crippen LogP contribution is 2.31. The van der Waals surface area contributed by atoms with E-state index in [4.69, 9.17) is 14.2 Å². The van der Waals surface area contributed by atoms with Crippen molar-refractivity contribution in [3.05, 3.63) is 47.8 Å². The van der Waals surface area contributed by atoms with Gasteiger partial charge in [-0.3, -0.25) is 20.4 Å². The summed E-state index contributed by atoms with van der Waals surface area (Å²) in [7, 11) is 2.93. The fourth-order valence-electron chi connectivity index (χ4n) is 3.89. The molecule has 1 aliphatic carbocycles. The van der Waals surface area contributed by atoms with E-state index in [0.29, 0.717) is 17.5 Å². The first kappa shape index (κ1) is 23.0. The Kier molecular flexibility index (Phi) is 6.90. The van der Waals surface area contributed by atoms with Crippen molar-refractivity contribution < 1.29 is 28.6 Å². The third-order valence-electron chi connectivity index (χ3n) is 5.64. The summed E-state index contributed by atoms with van der Waals surface area (Å²) >= 11 is 0. The minimum atomic E-state index is -0.704. The van der Waals surface area contributed by atoms with Crippen molar-refractivity contribution >= 4 is 28.8 Å². The lowest BCUT2D eigenvalue weighted by atomic mass is 10.2. The normalized spacial score (nSPS) is 13.5. The van der Waals surface area contributed by atoms with Crippen LogP contribution in [0.3, 0.4) is 0 Å². The summed E-state index contributed by atoms with van der Waals surface area (Å²) in [5.74, 6) is -1.15. The van der Waals surface area contributed by atoms with Crippen molar-refractivity contribution in [1.29, 1.82) is 0 Å². The molecule has 11 heteroatoms. The maximum Gasteiger partial charge on any atom is 0.340 e. The van der Waals surface area contributed by atoms with Gasteiger partial charge in [-0.2, -0.15) is 5.10 Å². The molecule has 3 aromatic rings. The first-order chi connectivity index (χ1) is 16.5. The number of aromatic nitrogens is 3. The van der Waals surface area contributed by atoms with E-state index in [0.717, 1.165) is 23.9 Å². The van der Waals surface area contributed by atoms with Gasteiger partial charge in [-0.1, -0.05) is 12.8 Å². The van der Waals surface area contributed by atoms with E-state index in [-0.39, 0.29) is 11.1 Å². The summed E-state index contributed by atoms with van der Waals surface area (Å²) in [6.45, 7) is -0.579. The molecule has 1 aliphatic rings. The second-order valence-corrected chi connectivity index (χ2v) is 7.81. The van der Waals surface area contributed by atoms with Crippen LogP contribution in [-0.2, 0) is 9.53 Å². The quantitative estimate of drug-likeness (QED) is 0.399. The molecule has 2 heterocycles. The number of esters is 1. The molecule has 2 N–H and O–H groups in total. The smallest absolute Gasteiger partial charge is 0.340 e. The van der Waals surface area contributed by atoms with E-state index < -0.39 is 24.4 Å². The van der Waals surface area contributed by atoms with Crippen molar-refractivity contribution in [2.24, 2.45) is 0 Å². The third kappa shape index (κ3) is 4.92. The van der Waals surface area contributed by atoms with E-state index in [9.17, 15) is 14.4 Å². The number of hydrogen-bond donors (Lipinski definition) is 2. The molecule has 0 spiro atoms. The molecule has 1 fully saturated rings. The average Bonchev–Trinajstić information content (AvgIpc) is 3.54. The molecule has 34 heavy (non-hydrogen) atoms. The largest absolute Gasteiger partial charge is 0.493 e. The molecule has 0 bridgehead atoms. The van der Waals surface area contributed by atoms with Crippen LogP contribution in [-0.4, -0.2) is 53.4 Å². The summed E-state index contributed by atoms with van der Waals surface area (Å²) in [4.78, 5) is 41.0. The molecule has 0 atom stereocenters. The zero-order valence-corrected chi connectivity index (χ0v) is 18.9. The first-order valence-corrected chi connectivity index (χ1v) is 10.8. The van der Waals surface area contributed by atoms with Crippen molar-refractivity contribution in [2.75, 3.05) is 20.8 Å². The van der Waals surface area contributed by atoms with Crippen LogP contribution < -0.4 is 20.3 Å². The highest BCUT2D eigenvalue weighted by atomic mass is 16.5. The van der Waals surface area contributed by atoms with E-state index in [1.165, 1.54) is 45.4 Å². The van der Waals surface area contributed by atoms with Gasteiger partial charge in [-0.05, 0) is 37.1 Å². The number of hydrogen-bond acceptors (Lipinski definition) is 8. The number of benzene rings is 1. The molecule has 2 aromatic heterocycles. The van der Waals surface area contributed by atoms with Gasteiger partial charge >= 0.3 is 5.97 Å². The highest BCUT2D eigenvalue weighted by Gasteiger charge is 2.21. The van der Waals surface area contributed by atoms with Crippen LogP contribution in [0.4, 0.5) is 0 Å². The Bertz CT molecular complexity index is 1220. The summed E-state index contributed by atoms with van der Waals surface area (Å²) in [5.41, 5.74) is 5.63. The summed E-state index contributed by atoms with van der Waals surface area (Å²) in [5, 5.41) is 5.15. The summed E-state index contributed by atoms with van der Waals surface area (Å²) < 4.78 is 17.2. The Morgan fingerprint density at radius 2 is 1.76 bits per heavy atom. The van der Waals surface area contributed by atoms with Gasteiger partial charge in [0.1, 0.15) is 0 Å². The Balaban J connectivity index is 1.29. The van der Waals surface area contributed by atoms with Gasteiger partial charge in [0, 0.05) is 17.1 Å². The number of rotatable bonds is 7. The van der Waals surface area contributed by atoms with Gasteiger partial charge in [-0.25, -0.2) is 14.5 Å². The van der Waals surface area contributed by atoms with E-state index in [2.05, 4.69) is 20.9 Å². The number of carbonyl (C=O) groups is 3. The molecule has 0 aliphatic heterocycles. The number of nitrogens with zero attached hydrogens (tertiary/aromatic N) is 3. The standard InChI is InChI=1S/C23H25N5O6/c1-32-18-8-7-14(10-19(18)33-2)22(30)27-26-20(29)13-34-23(31)16-9-15-12-25-28(21(15)24-11-16)17-5-3-4-6-17/h7-12,17H,3-6,13H2,1-2H3,(H,26,29)(H,27,30). The summed E-state index contributed by atoms with van der Waals surface area (Å²) in [6.07, 6.45) is 7.57. The first-order valence-electron chi connectivity index (χ1n) is 10.8. The van der Waals surface area contributed by atoms with Gasteiger partial charge in [-0.15, -0.1) is 0 Å². The number of fused-ring (bicyclic) bond motifs is 1. The SMILES string of the molecule is COc1ccc(C(=O)NNC(=O)COC(=O)c2cnc3c(cnn3C3CCCC3)c2)cc1OC. The Morgan fingerprint density at radius 1 is 1.00 bits per heavy atom. The Morgan fingerprint density at radius 3 is 2.50 bits per heavy atom. The van der Waals surface area contributed by atoms with E-state index >= 15 is 0 Å². The monoisotopic (exact) mass is 467 g/mol. The molecule has 1 aromatic carbocycles. The van der Waals surface area contributed by atoms with E-state index in [1.807, 2.05) is 4.68 Å². The molecule has 0 unspecified atom stereocenters. The molecular weight excluding hydrogens is 442 g/mol. The van der Waals surface area contributed by atoms with Crippen LogP contribution in [0.2, 0.25) is 0 Å². The second kappa shape index (κ2) is 10.2. The second-order valence-electron chi connectivity index (χ2n) is 7.81. The van der Waals surface area contributed by atoms with Crippen molar-refractivity contribution in [1.82, 2.24) is 25.6 Å². The fourth-order valence-corrected chi connectivity index (χ4v) is 3.89. The third-order valence-corrected chi connectivity index (χ3v) is 5.64. The Hall–Kier alpha value is -4.15. The van der Waals surface area contributed by atoms with Gasteiger partial charge in [0.05, 0.1) is 32.0 Å². The molecule has 0 saturated heterocycles. The van der Waals surface area contributed by atoms with Crippen LogP contribution >= 0.6 is 0 Å². The molecule has 1 saturated carbocycles. The van der Waals surface area contributed by atoms with Crippen LogP contribution in [0, 0.1) is 0 Å². The van der Waals surface area contributed by atoms with Gasteiger partial charge in [0.15, 0.2) is 23.8 Å². The molecule has 2 amide bonds. The number of nitrogens with one attached hydrogen (secondary N) is 2. The van der Waals surface area contributed by atoms with Crippen LogP contribution in [0.5, 0.6) is 11.5 Å². The maximum absolute atomic E-state index is 12.4. The fraction of sp³-hybridized carbons (Fsp3) is 0.348. The Labute approximate surface area is 195 Å². The van der Waals surface area contributed by atoms with Gasteiger partial charge < -0.3 is 14.2 Å². The molecule has 11 nitrogen and oxygen atoms in total. The number of methoxy groups -OCH3 is 2. The molecule has 178 valence electrons. The minimum Gasteiger partial charge on any atom is -0.493 e. The molecule has 4 rings (SSSR count). The van der Waals surface area contributed by atoms with Crippen molar-refractivity contribution in [3.63, 3.8) is 0 Å². The van der Waals surface area contributed by atoms with Crippen LogP contribution in [0.25, 0.3) is 11.0 Å². The lowest BCUT2D eigenvalue weighted by molar-refractivity contribution is -0.125. The van der Waals surface area contributed by atoms with E-state index in [1.54, 1.807) is 18.3 Å². The molecular formula is C23H25N5O6. The number of amides is 2. The van der Waals surface area contributed by atoms with Gasteiger partial charge in [0.2, 0.25) is 0 Å².